The summed E-state index contributed by atoms with van der Waals surface area (Å²) in [4.78, 5) is 0. The standard InChI is InChI=1S/C13H14ClF/c1-9-2-4-10(5-3-9)11-6-7-12(14)13(15)8-11/h4,6-9H,2-3,5H2,1H3. The van der Waals surface area contributed by atoms with Crippen LogP contribution >= 0.6 is 11.6 Å². The summed E-state index contributed by atoms with van der Waals surface area (Å²) in [5, 5.41) is 0.198. The fourth-order valence-corrected chi connectivity index (χ4v) is 2.04. The maximum absolute atomic E-state index is 13.3. The van der Waals surface area contributed by atoms with Gasteiger partial charge in [-0.05, 0) is 48.4 Å². The molecule has 1 aliphatic rings. The normalized spacial score (nSPS) is 21.3. The van der Waals surface area contributed by atoms with Crippen molar-refractivity contribution < 1.29 is 4.39 Å². The van der Waals surface area contributed by atoms with Crippen LogP contribution in [0.1, 0.15) is 31.7 Å². The molecule has 1 aliphatic carbocycles. The molecule has 0 N–H and O–H groups in total. The van der Waals surface area contributed by atoms with Crippen LogP contribution < -0.4 is 0 Å². The number of benzene rings is 1. The van der Waals surface area contributed by atoms with Crippen LogP contribution in [0, 0.1) is 11.7 Å². The smallest absolute Gasteiger partial charge is 0.142 e. The zero-order valence-electron chi connectivity index (χ0n) is 8.76. The third-order valence-electron chi connectivity index (χ3n) is 2.96. The molecule has 2 heteroatoms. The summed E-state index contributed by atoms with van der Waals surface area (Å²) in [6.07, 6.45) is 5.55. The summed E-state index contributed by atoms with van der Waals surface area (Å²) < 4.78 is 13.3. The Bertz CT molecular complexity index is 396. The molecule has 0 bridgehead atoms. The Hall–Kier alpha value is -0.820. The average Bonchev–Trinajstić information content (AvgIpc) is 2.23. The van der Waals surface area contributed by atoms with Gasteiger partial charge in [0.05, 0.1) is 5.02 Å². The minimum absolute atomic E-state index is 0.198. The first-order chi connectivity index (χ1) is 7.16. The van der Waals surface area contributed by atoms with Gasteiger partial charge in [0.15, 0.2) is 0 Å². The lowest BCUT2D eigenvalue weighted by atomic mass is 9.88. The van der Waals surface area contributed by atoms with Gasteiger partial charge >= 0.3 is 0 Å². The van der Waals surface area contributed by atoms with Gasteiger partial charge in [-0.15, -0.1) is 0 Å². The summed E-state index contributed by atoms with van der Waals surface area (Å²) in [6.45, 7) is 2.25. The van der Waals surface area contributed by atoms with E-state index in [1.807, 2.05) is 6.07 Å². The Balaban J connectivity index is 2.26. The number of rotatable bonds is 1. The molecule has 0 saturated carbocycles. The lowest BCUT2D eigenvalue weighted by Gasteiger charge is -2.18. The van der Waals surface area contributed by atoms with E-state index in [0.717, 1.165) is 24.3 Å². The van der Waals surface area contributed by atoms with Crippen LogP contribution in [-0.2, 0) is 0 Å². The number of allylic oxidation sites excluding steroid dienone is 2. The zero-order valence-corrected chi connectivity index (χ0v) is 9.52. The third-order valence-corrected chi connectivity index (χ3v) is 3.27. The average molecular weight is 225 g/mol. The van der Waals surface area contributed by atoms with Crippen LogP contribution in [0.15, 0.2) is 24.3 Å². The minimum atomic E-state index is -0.325. The van der Waals surface area contributed by atoms with Crippen LogP contribution in [0.25, 0.3) is 5.57 Å². The molecule has 0 saturated heterocycles. The van der Waals surface area contributed by atoms with Crippen LogP contribution in [0.5, 0.6) is 0 Å². The summed E-state index contributed by atoms with van der Waals surface area (Å²) >= 11 is 5.65. The largest absolute Gasteiger partial charge is 0.205 e. The van der Waals surface area contributed by atoms with Crippen molar-refractivity contribution in [2.75, 3.05) is 0 Å². The Morgan fingerprint density at radius 2 is 2.20 bits per heavy atom. The zero-order chi connectivity index (χ0) is 10.8. The van der Waals surface area contributed by atoms with Gasteiger partial charge in [0.1, 0.15) is 5.82 Å². The first kappa shape index (κ1) is 10.7. The van der Waals surface area contributed by atoms with Crippen molar-refractivity contribution >= 4 is 17.2 Å². The summed E-state index contributed by atoms with van der Waals surface area (Å²) in [6, 6.07) is 5.06. The molecule has 1 unspecified atom stereocenters. The predicted octanol–water partition coefficient (Wildman–Crippen LogP) is 4.68. The molecule has 0 nitrogen and oxygen atoms in total. The van der Waals surface area contributed by atoms with Crippen LogP contribution in [-0.4, -0.2) is 0 Å². The summed E-state index contributed by atoms with van der Waals surface area (Å²) in [5.41, 5.74) is 2.23. The fraction of sp³-hybridized carbons (Fsp3) is 0.385. The first-order valence-corrected chi connectivity index (χ1v) is 5.69. The highest BCUT2D eigenvalue weighted by Crippen LogP contribution is 2.31. The molecule has 0 heterocycles. The lowest BCUT2D eigenvalue weighted by molar-refractivity contribution is 0.533. The molecule has 1 aromatic rings. The molecule has 80 valence electrons. The highest BCUT2D eigenvalue weighted by molar-refractivity contribution is 6.30. The van der Waals surface area contributed by atoms with Gasteiger partial charge in [-0.25, -0.2) is 4.39 Å². The molecule has 0 radical (unpaired) electrons. The van der Waals surface area contributed by atoms with Crippen molar-refractivity contribution in [2.45, 2.75) is 26.2 Å². The second-order valence-corrected chi connectivity index (χ2v) is 4.64. The second-order valence-electron chi connectivity index (χ2n) is 4.24. The Morgan fingerprint density at radius 1 is 1.40 bits per heavy atom. The molecule has 0 aromatic heterocycles. The number of hydrogen-bond acceptors (Lipinski definition) is 0. The fourth-order valence-electron chi connectivity index (χ4n) is 1.92. The lowest BCUT2D eigenvalue weighted by Crippen LogP contribution is -2.01. The van der Waals surface area contributed by atoms with E-state index < -0.39 is 0 Å². The van der Waals surface area contributed by atoms with E-state index in [1.165, 1.54) is 18.1 Å². The summed E-state index contributed by atoms with van der Waals surface area (Å²) in [5.74, 6) is 0.430. The van der Waals surface area contributed by atoms with Crippen LogP contribution in [0.3, 0.4) is 0 Å². The highest BCUT2D eigenvalue weighted by atomic mass is 35.5. The second kappa shape index (κ2) is 4.36. The molecule has 0 spiro atoms. The minimum Gasteiger partial charge on any atom is -0.205 e. The summed E-state index contributed by atoms with van der Waals surface area (Å²) in [7, 11) is 0. The molecular formula is C13H14ClF. The van der Waals surface area contributed by atoms with Gasteiger partial charge in [-0.3, -0.25) is 0 Å². The highest BCUT2D eigenvalue weighted by Gasteiger charge is 2.12. The van der Waals surface area contributed by atoms with Gasteiger partial charge < -0.3 is 0 Å². The molecular weight excluding hydrogens is 211 g/mol. The van der Waals surface area contributed by atoms with Gasteiger partial charge in [0, 0.05) is 0 Å². The van der Waals surface area contributed by atoms with Crippen molar-refractivity contribution in [2.24, 2.45) is 5.92 Å². The molecule has 0 amide bonds. The van der Waals surface area contributed by atoms with E-state index in [0.29, 0.717) is 0 Å². The van der Waals surface area contributed by atoms with Gasteiger partial charge in [0.2, 0.25) is 0 Å². The number of hydrogen-bond donors (Lipinski definition) is 0. The molecule has 15 heavy (non-hydrogen) atoms. The van der Waals surface area contributed by atoms with Crippen molar-refractivity contribution in [1.82, 2.24) is 0 Å². The SMILES string of the molecule is CC1CC=C(c2ccc(Cl)c(F)c2)CC1. The predicted molar refractivity (Wildman–Crippen MR) is 62.4 cm³/mol. The topological polar surface area (TPSA) is 0 Å². The first-order valence-electron chi connectivity index (χ1n) is 5.31. The monoisotopic (exact) mass is 224 g/mol. The van der Waals surface area contributed by atoms with E-state index in [1.54, 1.807) is 6.07 Å². The van der Waals surface area contributed by atoms with E-state index in [2.05, 4.69) is 13.0 Å². The maximum atomic E-state index is 13.3. The molecule has 1 aromatic carbocycles. The van der Waals surface area contributed by atoms with Crippen LogP contribution in [0.2, 0.25) is 5.02 Å². The van der Waals surface area contributed by atoms with Crippen molar-refractivity contribution in [3.63, 3.8) is 0 Å². The van der Waals surface area contributed by atoms with Crippen LogP contribution in [0.4, 0.5) is 4.39 Å². The van der Waals surface area contributed by atoms with Gasteiger partial charge in [0.25, 0.3) is 0 Å². The van der Waals surface area contributed by atoms with Crippen molar-refractivity contribution in [3.05, 3.63) is 40.7 Å². The third kappa shape index (κ3) is 2.40. The molecule has 2 rings (SSSR count). The van der Waals surface area contributed by atoms with E-state index >= 15 is 0 Å². The Labute approximate surface area is 94.8 Å². The van der Waals surface area contributed by atoms with E-state index in [4.69, 9.17) is 11.6 Å². The number of halogens is 2. The Kier molecular flexibility index (Phi) is 3.11. The maximum Gasteiger partial charge on any atom is 0.142 e. The molecule has 0 aliphatic heterocycles. The van der Waals surface area contributed by atoms with Crippen molar-refractivity contribution in [3.8, 4) is 0 Å². The quantitative estimate of drug-likeness (QED) is 0.650. The Morgan fingerprint density at radius 3 is 2.80 bits per heavy atom. The van der Waals surface area contributed by atoms with Crippen molar-refractivity contribution in [1.29, 1.82) is 0 Å². The van der Waals surface area contributed by atoms with Gasteiger partial charge in [-0.2, -0.15) is 0 Å². The van der Waals surface area contributed by atoms with E-state index in [9.17, 15) is 4.39 Å². The van der Waals surface area contributed by atoms with E-state index in [-0.39, 0.29) is 10.8 Å². The molecule has 1 atom stereocenters. The molecule has 0 fully saturated rings. The van der Waals surface area contributed by atoms with Gasteiger partial charge in [-0.1, -0.05) is 30.7 Å².